The maximum Gasteiger partial charge on any atom is 0.261 e. The molecule has 0 radical (unpaired) electrons. The van der Waals surface area contributed by atoms with E-state index in [4.69, 9.17) is 0 Å². The first kappa shape index (κ1) is 20.7. The standard InChI is InChI=1S/C21H20N6O3S/c1-14(28)22-15-7-6-8-16(13-15)27-21(23-24-25-27)31-12-5-4-11-26-19(29)17-9-2-3-10-18(17)20(26)30/h2-3,6-10,13H,4-5,11-12H2,1H3,(H,22,28). The second-order valence-electron chi connectivity index (χ2n) is 6.97. The van der Waals surface area contributed by atoms with Gasteiger partial charge in [0.1, 0.15) is 0 Å². The van der Waals surface area contributed by atoms with Crippen LogP contribution in [0.4, 0.5) is 5.69 Å². The van der Waals surface area contributed by atoms with Crippen molar-refractivity contribution in [3.63, 3.8) is 0 Å². The Morgan fingerprint density at radius 1 is 1.03 bits per heavy atom. The molecule has 0 saturated carbocycles. The zero-order chi connectivity index (χ0) is 21.8. The number of rotatable bonds is 8. The molecule has 1 aliphatic rings. The second kappa shape index (κ2) is 9.09. The van der Waals surface area contributed by atoms with Gasteiger partial charge >= 0.3 is 0 Å². The first-order valence-electron chi connectivity index (χ1n) is 9.79. The van der Waals surface area contributed by atoms with Gasteiger partial charge in [0.15, 0.2) is 0 Å². The highest BCUT2D eigenvalue weighted by atomic mass is 32.2. The largest absolute Gasteiger partial charge is 0.326 e. The Morgan fingerprint density at radius 3 is 2.48 bits per heavy atom. The first-order valence-corrected chi connectivity index (χ1v) is 10.8. The SMILES string of the molecule is CC(=O)Nc1cccc(-n2nnnc2SCCCCN2C(=O)c3ccccc3C2=O)c1. The Bertz CT molecular complexity index is 1110. The predicted octanol–water partition coefficient (Wildman–Crippen LogP) is 2.79. The van der Waals surface area contributed by atoms with Crippen molar-refractivity contribution in [2.75, 3.05) is 17.6 Å². The van der Waals surface area contributed by atoms with Gasteiger partial charge in [-0.2, -0.15) is 4.68 Å². The van der Waals surface area contributed by atoms with Crippen LogP contribution >= 0.6 is 11.8 Å². The van der Waals surface area contributed by atoms with Crippen LogP contribution in [0.5, 0.6) is 0 Å². The van der Waals surface area contributed by atoms with Crippen LogP contribution in [0.25, 0.3) is 5.69 Å². The maximum atomic E-state index is 12.4. The van der Waals surface area contributed by atoms with E-state index in [1.165, 1.54) is 23.6 Å². The van der Waals surface area contributed by atoms with Gasteiger partial charge in [0.2, 0.25) is 11.1 Å². The molecule has 0 fully saturated rings. The molecule has 2 heterocycles. The predicted molar refractivity (Wildman–Crippen MR) is 115 cm³/mol. The van der Waals surface area contributed by atoms with Crippen LogP contribution in [0.1, 0.15) is 40.5 Å². The summed E-state index contributed by atoms with van der Waals surface area (Å²) in [4.78, 5) is 37.4. The highest BCUT2D eigenvalue weighted by molar-refractivity contribution is 7.99. The molecule has 0 spiro atoms. The number of anilines is 1. The zero-order valence-electron chi connectivity index (χ0n) is 16.8. The van der Waals surface area contributed by atoms with Crippen molar-refractivity contribution < 1.29 is 14.4 Å². The van der Waals surface area contributed by atoms with Gasteiger partial charge in [-0.15, -0.1) is 5.10 Å². The highest BCUT2D eigenvalue weighted by Gasteiger charge is 2.34. The normalized spacial score (nSPS) is 12.9. The molecule has 0 saturated heterocycles. The molecule has 0 unspecified atom stereocenters. The van der Waals surface area contributed by atoms with E-state index in [9.17, 15) is 14.4 Å². The topological polar surface area (TPSA) is 110 Å². The summed E-state index contributed by atoms with van der Waals surface area (Å²) in [5.74, 6) is 0.128. The summed E-state index contributed by atoms with van der Waals surface area (Å²) < 4.78 is 1.61. The monoisotopic (exact) mass is 436 g/mol. The van der Waals surface area contributed by atoms with E-state index >= 15 is 0 Å². The molecule has 10 heteroatoms. The highest BCUT2D eigenvalue weighted by Crippen LogP contribution is 2.24. The molecule has 1 aromatic heterocycles. The number of carbonyl (C=O) groups excluding carboxylic acids is 3. The molecule has 31 heavy (non-hydrogen) atoms. The second-order valence-corrected chi connectivity index (χ2v) is 8.03. The van der Waals surface area contributed by atoms with Crippen LogP contribution in [-0.2, 0) is 4.79 Å². The van der Waals surface area contributed by atoms with E-state index in [-0.39, 0.29) is 17.7 Å². The maximum absolute atomic E-state index is 12.4. The molecule has 3 amide bonds. The third-order valence-electron chi connectivity index (χ3n) is 4.74. The van der Waals surface area contributed by atoms with Gasteiger partial charge < -0.3 is 5.32 Å². The van der Waals surface area contributed by atoms with Crippen LogP contribution in [0, 0.1) is 0 Å². The Morgan fingerprint density at radius 2 is 1.77 bits per heavy atom. The number of carbonyl (C=O) groups is 3. The number of tetrazole rings is 1. The van der Waals surface area contributed by atoms with Crippen molar-refractivity contribution in [2.45, 2.75) is 24.9 Å². The van der Waals surface area contributed by atoms with E-state index in [1.54, 1.807) is 41.1 Å². The third kappa shape index (κ3) is 4.48. The Labute approximate surface area is 182 Å². The molecule has 0 atom stereocenters. The van der Waals surface area contributed by atoms with Gasteiger partial charge in [-0.25, -0.2) is 0 Å². The third-order valence-corrected chi connectivity index (χ3v) is 5.74. The molecule has 158 valence electrons. The summed E-state index contributed by atoms with van der Waals surface area (Å²) in [5, 5.41) is 15.2. The number of imide groups is 1. The number of hydrogen-bond donors (Lipinski definition) is 1. The van der Waals surface area contributed by atoms with Gasteiger partial charge in [0, 0.05) is 24.9 Å². The number of nitrogens with zero attached hydrogens (tertiary/aromatic N) is 5. The van der Waals surface area contributed by atoms with Gasteiger partial charge in [-0.1, -0.05) is 30.0 Å². The number of thioether (sulfide) groups is 1. The summed E-state index contributed by atoms with van der Waals surface area (Å²) >= 11 is 1.49. The lowest BCUT2D eigenvalue weighted by molar-refractivity contribution is -0.114. The van der Waals surface area contributed by atoms with Gasteiger partial charge in [0.05, 0.1) is 16.8 Å². The van der Waals surface area contributed by atoms with Gasteiger partial charge in [-0.3, -0.25) is 19.3 Å². The van der Waals surface area contributed by atoms with E-state index in [1.807, 2.05) is 12.1 Å². The molecule has 4 rings (SSSR count). The number of amides is 3. The molecule has 1 aliphatic heterocycles. The van der Waals surface area contributed by atoms with Crippen molar-refractivity contribution in [3.8, 4) is 5.69 Å². The minimum atomic E-state index is -0.226. The lowest BCUT2D eigenvalue weighted by atomic mass is 10.1. The van der Waals surface area contributed by atoms with Crippen LogP contribution in [-0.4, -0.2) is 55.1 Å². The van der Waals surface area contributed by atoms with Crippen molar-refractivity contribution >= 4 is 35.2 Å². The lowest BCUT2D eigenvalue weighted by Crippen LogP contribution is -2.30. The first-order chi connectivity index (χ1) is 15.0. The van der Waals surface area contributed by atoms with Crippen LogP contribution in [0.15, 0.2) is 53.7 Å². The number of aromatic nitrogens is 4. The van der Waals surface area contributed by atoms with E-state index < -0.39 is 0 Å². The zero-order valence-corrected chi connectivity index (χ0v) is 17.6. The number of fused-ring (bicyclic) bond motifs is 1. The van der Waals surface area contributed by atoms with Crippen LogP contribution in [0.3, 0.4) is 0 Å². The minimum absolute atomic E-state index is 0.151. The number of nitrogens with one attached hydrogen (secondary N) is 1. The molecule has 3 aromatic rings. The Hall–Kier alpha value is -3.53. The summed E-state index contributed by atoms with van der Waals surface area (Å²) in [6.07, 6.45) is 1.48. The molecule has 0 bridgehead atoms. The van der Waals surface area contributed by atoms with Gasteiger partial charge in [0.25, 0.3) is 11.8 Å². The smallest absolute Gasteiger partial charge is 0.261 e. The molecule has 2 aromatic carbocycles. The summed E-state index contributed by atoms with van der Waals surface area (Å²) in [7, 11) is 0. The van der Waals surface area contributed by atoms with Gasteiger partial charge in [-0.05, 0) is 53.6 Å². The molecular formula is C21H20N6O3S. The fraction of sp³-hybridized carbons (Fsp3) is 0.238. The summed E-state index contributed by atoms with van der Waals surface area (Å²) in [6.45, 7) is 1.84. The summed E-state index contributed by atoms with van der Waals surface area (Å²) in [6, 6.07) is 14.2. The molecular weight excluding hydrogens is 416 g/mol. The molecule has 9 nitrogen and oxygen atoms in total. The van der Waals surface area contributed by atoms with Crippen molar-refractivity contribution in [2.24, 2.45) is 0 Å². The lowest BCUT2D eigenvalue weighted by Gasteiger charge is -2.13. The van der Waals surface area contributed by atoms with E-state index in [0.29, 0.717) is 34.9 Å². The average molecular weight is 436 g/mol. The average Bonchev–Trinajstić information content (AvgIpc) is 3.32. The van der Waals surface area contributed by atoms with Crippen molar-refractivity contribution in [3.05, 3.63) is 59.7 Å². The van der Waals surface area contributed by atoms with E-state index in [0.717, 1.165) is 17.9 Å². The fourth-order valence-corrected chi connectivity index (χ4v) is 4.22. The fourth-order valence-electron chi connectivity index (χ4n) is 3.33. The number of unbranched alkanes of at least 4 members (excludes halogenated alkanes) is 1. The van der Waals surface area contributed by atoms with Crippen LogP contribution < -0.4 is 5.32 Å². The molecule has 0 aliphatic carbocycles. The Balaban J connectivity index is 1.30. The molecule has 1 N–H and O–H groups in total. The van der Waals surface area contributed by atoms with Crippen LogP contribution in [0.2, 0.25) is 0 Å². The summed E-state index contributed by atoms with van der Waals surface area (Å²) in [5.41, 5.74) is 2.35. The van der Waals surface area contributed by atoms with Crippen molar-refractivity contribution in [1.29, 1.82) is 0 Å². The quantitative estimate of drug-likeness (QED) is 0.328. The van der Waals surface area contributed by atoms with E-state index in [2.05, 4.69) is 20.8 Å². The Kier molecular flexibility index (Phi) is 6.08. The number of hydrogen-bond acceptors (Lipinski definition) is 7. The minimum Gasteiger partial charge on any atom is -0.326 e. The number of benzene rings is 2. The van der Waals surface area contributed by atoms with Crippen molar-refractivity contribution in [1.82, 2.24) is 25.1 Å².